The van der Waals surface area contributed by atoms with Gasteiger partial charge >= 0.3 is 6.09 Å². The molecule has 0 bridgehead atoms. The lowest BCUT2D eigenvalue weighted by Gasteiger charge is -2.51. The fraction of sp³-hybridized carbons (Fsp3) is 0.833. The highest BCUT2D eigenvalue weighted by molar-refractivity contribution is 7.90. The molecule has 1 N–H and O–H groups in total. The Labute approximate surface area is 201 Å². The molecule has 32 heavy (non-hydrogen) atoms. The van der Waals surface area contributed by atoms with E-state index in [4.69, 9.17) is 9.72 Å². The minimum atomic E-state index is -1.19. The predicted octanol–water partition coefficient (Wildman–Crippen LogP) is 5.53. The Balaban J connectivity index is 1.95. The molecule has 2 aliphatic rings. The molecule has 1 amide bonds. The van der Waals surface area contributed by atoms with Crippen LogP contribution in [0.3, 0.4) is 0 Å². The molecule has 1 aromatic rings. The summed E-state index contributed by atoms with van der Waals surface area (Å²) in [5.41, 5.74) is 0.382. The van der Waals surface area contributed by atoms with Crippen LogP contribution in [0.1, 0.15) is 96.8 Å². The number of piperidine rings is 1. The monoisotopic (exact) mass is 483 g/mol. The Morgan fingerprint density at radius 3 is 2.38 bits per heavy atom. The van der Waals surface area contributed by atoms with Gasteiger partial charge in [0.1, 0.15) is 10.3 Å². The van der Waals surface area contributed by atoms with Crippen LogP contribution in [0, 0.1) is 17.8 Å². The summed E-state index contributed by atoms with van der Waals surface area (Å²) in [6.45, 7) is 21.0. The molecule has 1 fully saturated rings. The lowest BCUT2D eigenvalue weighted by molar-refractivity contribution is -0.0377. The highest BCUT2D eigenvalue weighted by Gasteiger charge is 2.56. The van der Waals surface area contributed by atoms with E-state index in [-0.39, 0.29) is 33.8 Å². The third-order valence-electron chi connectivity index (χ3n) is 6.46. The van der Waals surface area contributed by atoms with Gasteiger partial charge in [-0.1, -0.05) is 20.8 Å². The van der Waals surface area contributed by atoms with Crippen LogP contribution in [0.4, 0.5) is 4.79 Å². The molecule has 1 spiro atoms. The first kappa shape index (κ1) is 25.8. The van der Waals surface area contributed by atoms with Crippen LogP contribution in [0.2, 0.25) is 0 Å². The van der Waals surface area contributed by atoms with Gasteiger partial charge in [0.25, 0.3) is 0 Å². The molecule has 0 aromatic carbocycles. The van der Waals surface area contributed by atoms with Crippen molar-refractivity contribution in [1.29, 1.82) is 0 Å². The zero-order valence-electron chi connectivity index (χ0n) is 21.4. The third-order valence-corrected chi connectivity index (χ3v) is 9.10. The van der Waals surface area contributed by atoms with E-state index in [2.05, 4.69) is 25.5 Å². The predicted molar refractivity (Wildman–Crippen MR) is 132 cm³/mol. The van der Waals surface area contributed by atoms with Crippen molar-refractivity contribution in [3.63, 3.8) is 0 Å². The Morgan fingerprint density at radius 1 is 1.22 bits per heavy atom. The van der Waals surface area contributed by atoms with Gasteiger partial charge in [0.15, 0.2) is 0 Å². The number of amides is 1. The van der Waals surface area contributed by atoms with Gasteiger partial charge in [0.05, 0.1) is 16.7 Å². The Morgan fingerprint density at radius 2 is 1.84 bits per heavy atom. The highest BCUT2D eigenvalue weighted by Crippen LogP contribution is 2.57. The molecule has 1 aromatic heterocycles. The molecule has 182 valence electrons. The first-order valence-electron chi connectivity index (χ1n) is 11.6. The van der Waals surface area contributed by atoms with Crippen molar-refractivity contribution >= 4 is 28.8 Å². The summed E-state index contributed by atoms with van der Waals surface area (Å²) in [4.78, 5) is 21.1. The second-order valence-corrected chi connectivity index (χ2v) is 15.8. The second kappa shape index (κ2) is 8.43. The van der Waals surface area contributed by atoms with E-state index < -0.39 is 17.0 Å². The van der Waals surface area contributed by atoms with E-state index in [1.807, 2.05) is 53.4 Å². The van der Waals surface area contributed by atoms with Crippen LogP contribution in [-0.4, -0.2) is 43.5 Å². The number of hydrogen-bond donors (Lipinski definition) is 1. The second-order valence-electron chi connectivity index (χ2n) is 12.5. The van der Waals surface area contributed by atoms with Gasteiger partial charge in [-0.15, -0.1) is 16.1 Å². The van der Waals surface area contributed by atoms with Crippen LogP contribution in [0.5, 0.6) is 0 Å². The maximum Gasteiger partial charge on any atom is 0.410 e. The zero-order chi connectivity index (χ0) is 24.3. The average Bonchev–Trinajstić information content (AvgIpc) is 3.06. The van der Waals surface area contributed by atoms with Gasteiger partial charge in [0, 0.05) is 34.2 Å². The summed E-state index contributed by atoms with van der Waals surface area (Å²) in [7, 11) is 0. The summed E-state index contributed by atoms with van der Waals surface area (Å²) in [5, 5.41) is 1.05. The number of hydrogen-bond acceptors (Lipinski definition) is 6. The number of likely N-dealkylation sites (tertiary alicyclic amines) is 1. The molecule has 0 radical (unpaired) electrons. The van der Waals surface area contributed by atoms with Crippen LogP contribution < -0.4 is 4.72 Å². The van der Waals surface area contributed by atoms with Crippen molar-refractivity contribution in [2.45, 2.75) is 111 Å². The van der Waals surface area contributed by atoms with Crippen LogP contribution in [0.25, 0.3) is 0 Å². The van der Waals surface area contributed by atoms with Crippen molar-refractivity contribution in [2.75, 3.05) is 6.54 Å². The first-order valence-corrected chi connectivity index (χ1v) is 13.5. The smallest absolute Gasteiger partial charge is 0.410 e. The number of thiazole rings is 1. The molecule has 6 nitrogen and oxygen atoms in total. The van der Waals surface area contributed by atoms with Gasteiger partial charge in [-0.3, -0.25) is 0 Å². The molecular formula is C24H41N3O3S2. The highest BCUT2D eigenvalue weighted by atomic mass is 32.2. The summed E-state index contributed by atoms with van der Waals surface area (Å²) < 4.78 is 22.1. The minimum Gasteiger partial charge on any atom is -0.598 e. The number of aromatic nitrogens is 1. The molecule has 1 saturated heterocycles. The van der Waals surface area contributed by atoms with Crippen LogP contribution in [-0.2, 0) is 22.5 Å². The third kappa shape index (κ3) is 5.29. The fourth-order valence-electron chi connectivity index (χ4n) is 4.85. The van der Waals surface area contributed by atoms with E-state index in [0.29, 0.717) is 6.54 Å². The summed E-state index contributed by atoms with van der Waals surface area (Å²) >= 11 is 0.523. The topological polar surface area (TPSA) is 77.5 Å². The zero-order valence-corrected chi connectivity index (χ0v) is 23.1. The molecule has 1 aliphatic carbocycles. The Hall–Kier alpha value is -0.830. The van der Waals surface area contributed by atoms with Gasteiger partial charge < -0.3 is 14.2 Å². The number of carbonyl (C=O) groups is 1. The molecule has 2 unspecified atom stereocenters. The lowest BCUT2D eigenvalue weighted by atomic mass is 9.66. The van der Waals surface area contributed by atoms with Crippen molar-refractivity contribution in [3.8, 4) is 0 Å². The van der Waals surface area contributed by atoms with Crippen LogP contribution in [0.15, 0.2) is 0 Å². The minimum absolute atomic E-state index is 0.0191. The van der Waals surface area contributed by atoms with Crippen LogP contribution >= 0.6 is 11.3 Å². The average molecular weight is 484 g/mol. The SMILES string of the molecule is Cc1nc2c(s1)C(N[S@+]([O-])C(C)(C)C)C1(CCN(C(=O)OC(C)(C)C)[C@H](C(C)(C)C)C1)C2. The largest absolute Gasteiger partial charge is 0.598 e. The van der Waals surface area contributed by atoms with Gasteiger partial charge in [-0.25, -0.2) is 9.78 Å². The van der Waals surface area contributed by atoms with E-state index in [1.165, 1.54) is 4.88 Å². The quantitative estimate of drug-likeness (QED) is 0.560. The standard InChI is InChI=1S/C24H41N3O3S2/c1-15-25-16-13-24(19(18(16)31-15)26-32(29)23(8,9)10)11-12-27(17(14-24)21(2,3)4)20(28)30-22(5,6)7/h17,19,26H,11-14H2,1-10H3/t17-,19?,24?,32+/m0/s1. The summed E-state index contributed by atoms with van der Waals surface area (Å²) in [6, 6.07) is 0.00275. The molecule has 8 heteroatoms. The number of ether oxygens (including phenoxy) is 1. The number of aryl methyl sites for hydroxylation is 1. The van der Waals surface area contributed by atoms with Crippen molar-refractivity contribution in [1.82, 2.24) is 14.6 Å². The normalized spacial score (nSPS) is 27.5. The maximum atomic E-state index is 13.2. The molecule has 1 aliphatic heterocycles. The summed E-state index contributed by atoms with van der Waals surface area (Å²) in [6.07, 6.45) is 2.29. The molecular weight excluding hydrogens is 442 g/mol. The van der Waals surface area contributed by atoms with E-state index in [9.17, 15) is 9.35 Å². The van der Waals surface area contributed by atoms with Crippen molar-refractivity contribution in [2.24, 2.45) is 10.8 Å². The van der Waals surface area contributed by atoms with Crippen molar-refractivity contribution < 1.29 is 14.1 Å². The Bertz CT molecular complexity index is 850. The van der Waals surface area contributed by atoms with E-state index in [1.54, 1.807) is 11.3 Å². The number of nitrogens with one attached hydrogen (secondary N) is 1. The summed E-state index contributed by atoms with van der Waals surface area (Å²) in [5.74, 6) is 0. The van der Waals surface area contributed by atoms with Gasteiger partial charge in [-0.05, 0) is 73.1 Å². The molecule has 3 rings (SSSR count). The fourth-order valence-corrected chi connectivity index (χ4v) is 6.99. The molecule has 2 heterocycles. The van der Waals surface area contributed by atoms with E-state index in [0.717, 1.165) is 30.0 Å². The van der Waals surface area contributed by atoms with Crippen molar-refractivity contribution in [3.05, 3.63) is 15.6 Å². The molecule has 4 atom stereocenters. The first-order chi connectivity index (χ1) is 14.4. The Kier molecular flexibility index (Phi) is 6.80. The number of carbonyl (C=O) groups excluding carboxylic acids is 1. The number of fused-ring (bicyclic) bond motifs is 1. The maximum absolute atomic E-state index is 13.2. The lowest BCUT2D eigenvalue weighted by Crippen LogP contribution is -2.58. The van der Waals surface area contributed by atoms with E-state index >= 15 is 0 Å². The number of rotatable bonds is 2. The van der Waals surface area contributed by atoms with Gasteiger partial charge in [0.2, 0.25) is 0 Å². The molecule has 0 saturated carbocycles. The number of nitrogens with zero attached hydrogens (tertiary/aromatic N) is 2. The van der Waals surface area contributed by atoms with Gasteiger partial charge in [-0.2, -0.15) is 0 Å².